The average Bonchev–Trinajstić information content (AvgIpc) is 2.77. The number of nitrogens with zero attached hydrogens (tertiary/aromatic N) is 2. The van der Waals surface area contributed by atoms with Crippen molar-refractivity contribution in [1.82, 2.24) is 5.43 Å². The van der Waals surface area contributed by atoms with Gasteiger partial charge in [0, 0.05) is 5.97 Å². The number of rotatable bonds is 5. The van der Waals surface area contributed by atoms with Crippen molar-refractivity contribution in [3.05, 3.63) is 28.0 Å². The molecule has 3 N–H and O–H groups in total. The van der Waals surface area contributed by atoms with Crippen LogP contribution in [0.2, 0.25) is 0 Å². The van der Waals surface area contributed by atoms with E-state index in [1.54, 1.807) is 12.4 Å². The van der Waals surface area contributed by atoms with Gasteiger partial charge in [0.15, 0.2) is 12.3 Å². The molecule has 0 aliphatic heterocycles. The predicted molar refractivity (Wildman–Crippen MR) is 64.5 cm³/mol. The predicted octanol–water partition coefficient (Wildman–Crippen LogP) is -2.41. The molecule has 0 saturated carbocycles. The third-order valence-corrected chi connectivity index (χ3v) is 1.56. The zero-order chi connectivity index (χ0) is 15.5. The highest BCUT2D eigenvalue weighted by atomic mass is 16.6. The standard InChI is InChI=1S/C8H10N4O4.C2H4O2/c1-9-5-7(13)11-10-4-6-2-3-8(16-6)12(14)15;1-2(3)4/h2-4,9H,5H2,1H3,(H,11,13);1H3,(H,3,4)/b10-4+;. The van der Waals surface area contributed by atoms with Gasteiger partial charge in [0.25, 0.3) is 5.91 Å². The molecule has 0 radical (unpaired) electrons. The van der Waals surface area contributed by atoms with Crippen LogP contribution in [0.4, 0.5) is 5.88 Å². The maximum Gasteiger partial charge on any atom is 0.433 e. The molecule has 0 atom stereocenters. The summed E-state index contributed by atoms with van der Waals surface area (Å²) in [5, 5.41) is 24.4. The summed E-state index contributed by atoms with van der Waals surface area (Å²) in [6.45, 7) is 1.23. The van der Waals surface area contributed by atoms with Crippen LogP contribution in [0.5, 0.6) is 0 Å². The number of hydrazone groups is 1. The van der Waals surface area contributed by atoms with E-state index in [0.717, 1.165) is 6.92 Å². The van der Waals surface area contributed by atoms with Crippen LogP contribution in [-0.2, 0) is 9.59 Å². The van der Waals surface area contributed by atoms with E-state index in [2.05, 4.69) is 10.5 Å². The monoisotopic (exact) mass is 286 g/mol. The quantitative estimate of drug-likeness (QED) is 0.349. The Labute approximate surface area is 113 Å². The van der Waals surface area contributed by atoms with Crippen LogP contribution >= 0.6 is 0 Å². The fourth-order valence-electron chi connectivity index (χ4n) is 0.909. The summed E-state index contributed by atoms with van der Waals surface area (Å²) in [6, 6.07) is 2.60. The van der Waals surface area contributed by atoms with Gasteiger partial charge in [0.05, 0.1) is 19.3 Å². The van der Waals surface area contributed by atoms with Gasteiger partial charge in [-0.1, -0.05) is 0 Å². The largest absolute Gasteiger partial charge is 0.550 e. The van der Waals surface area contributed by atoms with Crippen molar-refractivity contribution in [1.29, 1.82) is 0 Å². The topological polar surface area (TPSA) is 154 Å². The molecule has 110 valence electrons. The van der Waals surface area contributed by atoms with Crippen LogP contribution in [0.15, 0.2) is 21.7 Å². The molecule has 0 spiro atoms. The van der Waals surface area contributed by atoms with Gasteiger partial charge >= 0.3 is 5.88 Å². The maximum atomic E-state index is 11.0. The summed E-state index contributed by atoms with van der Waals surface area (Å²) in [4.78, 5) is 29.5. The Bertz CT molecular complexity index is 492. The van der Waals surface area contributed by atoms with E-state index >= 15 is 0 Å². The Hall–Kier alpha value is -2.75. The number of likely N-dealkylation sites (N-methyl/N-ethyl adjacent to an activating group) is 1. The second-order valence-corrected chi connectivity index (χ2v) is 3.33. The first-order chi connectivity index (χ1) is 9.36. The van der Waals surface area contributed by atoms with Gasteiger partial charge < -0.3 is 19.6 Å². The Morgan fingerprint density at radius 2 is 2.15 bits per heavy atom. The smallest absolute Gasteiger partial charge is 0.433 e. The summed E-state index contributed by atoms with van der Waals surface area (Å²) in [7, 11) is 1.75. The third-order valence-electron chi connectivity index (χ3n) is 1.56. The zero-order valence-electron chi connectivity index (χ0n) is 10.9. The van der Waals surface area contributed by atoms with Crippen LogP contribution in [0.25, 0.3) is 0 Å². The number of nitro groups is 1. The van der Waals surface area contributed by atoms with Crippen LogP contribution in [0.3, 0.4) is 0 Å². The first-order valence-corrected chi connectivity index (χ1v) is 5.38. The molecule has 1 amide bonds. The number of quaternary nitrogens is 1. The van der Waals surface area contributed by atoms with E-state index in [-0.39, 0.29) is 24.1 Å². The molecule has 0 aliphatic carbocycles. The highest BCUT2D eigenvalue weighted by Gasteiger charge is 2.10. The number of nitrogens with two attached hydrogens (primary N) is 1. The molecular weight excluding hydrogens is 272 g/mol. The van der Waals surface area contributed by atoms with Gasteiger partial charge in [-0.15, -0.1) is 0 Å². The number of hydrogen-bond donors (Lipinski definition) is 2. The van der Waals surface area contributed by atoms with E-state index in [1.807, 2.05) is 0 Å². The van der Waals surface area contributed by atoms with Gasteiger partial charge in [0.2, 0.25) is 0 Å². The number of hydrogen-bond acceptors (Lipinski definition) is 7. The van der Waals surface area contributed by atoms with E-state index in [4.69, 9.17) is 14.3 Å². The lowest BCUT2D eigenvalue weighted by Crippen LogP contribution is -2.82. The first kappa shape index (κ1) is 17.2. The lowest BCUT2D eigenvalue weighted by atomic mass is 10.5. The SMILES string of the molecule is CC(=O)[O-].C[NH2+]CC(=O)N/N=C/c1ccc([N+](=O)[O-])o1. The van der Waals surface area contributed by atoms with Crippen LogP contribution in [0.1, 0.15) is 12.7 Å². The van der Waals surface area contributed by atoms with Crippen LogP contribution in [-0.4, -0.2) is 36.6 Å². The highest BCUT2D eigenvalue weighted by Crippen LogP contribution is 2.13. The third kappa shape index (κ3) is 8.36. The summed E-state index contributed by atoms with van der Waals surface area (Å²) in [5.41, 5.74) is 2.24. The number of carbonyl (C=O) groups is 2. The molecule has 10 heteroatoms. The Balaban J connectivity index is 0.000000796. The first-order valence-electron chi connectivity index (χ1n) is 5.38. The lowest BCUT2D eigenvalue weighted by molar-refractivity contribution is -0.615. The minimum Gasteiger partial charge on any atom is -0.550 e. The number of amides is 1. The Morgan fingerprint density at radius 1 is 1.55 bits per heavy atom. The van der Waals surface area contributed by atoms with Gasteiger partial charge in [-0.05, 0) is 13.0 Å². The number of furan rings is 1. The van der Waals surface area contributed by atoms with E-state index in [1.165, 1.54) is 18.3 Å². The number of carbonyl (C=O) groups excluding carboxylic acids is 2. The summed E-state index contributed by atoms with van der Waals surface area (Å²) >= 11 is 0. The number of nitrogens with one attached hydrogen (secondary N) is 1. The van der Waals surface area contributed by atoms with Crippen molar-refractivity contribution >= 4 is 24.0 Å². The number of carboxylic acids is 1. The molecule has 1 aromatic rings. The van der Waals surface area contributed by atoms with Crippen molar-refractivity contribution < 1.29 is 29.4 Å². The van der Waals surface area contributed by atoms with Gasteiger partial charge in [-0.25, -0.2) is 5.43 Å². The molecule has 0 aromatic carbocycles. The molecule has 20 heavy (non-hydrogen) atoms. The normalized spacial score (nSPS) is 9.70. The van der Waals surface area contributed by atoms with Gasteiger partial charge in [-0.3, -0.25) is 14.9 Å². The van der Waals surface area contributed by atoms with Crippen molar-refractivity contribution in [2.24, 2.45) is 5.10 Å². The number of aliphatic carboxylic acids is 1. The van der Waals surface area contributed by atoms with E-state index < -0.39 is 10.9 Å². The Morgan fingerprint density at radius 3 is 2.60 bits per heavy atom. The molecule has 10 nitrogen and oxygen atoms in total. The second kappa shape index (κ2) is 9.22. The van der Waals surface area contributed by atoms with Crippen LogP contribution < -0.4 is 15.8 Å². The summed E-state index contributed by atoms with van der Waals surface area (Å²) < 4.78 is 4.78. The molecule has 0 fully saturated rings. The molecular formula is C10H14N4O6. The van der Waals surface area contributed by atoms with Crippen molar-refractivity contribution in [3.8, 4) is 0 Å². The zero-order valence-corrected chi connectivity index (χ0v) is 10.9. The average molecular weight is 286 g/mol. The molecule has 0 unspecified atom stereocenters. The van der Waals surface area contributed by atoms with E-state index in [0.29, 0.717) is 0 Å². The minimum absolute atomic E-state index is 0.201. The van der Waals surface area contributed by atoms with Gasteiger partial charge in [0.1, 0.15) is 4.92 Å². The van der Waals surface area contributed by atoms with Crippen molar-refractivity contribution in [2.45, 2.75) is 6.92 Å². The molecule has 0 saturated heterocycles. The van der Waals surface area contributed by atoms with Crippen molar-refractivity contribution in [2.75, 3.05) is 13.6 Å². The van der Waals surface area contributed by atoms with E-state index in [9.17, 15) is 14.9 Å². The fourth-order valence-corrected chi connectivity index (χ4v) is 0.909. The molecule has 1 heterocycles. The highest BCUT2D eigenvalue weighted by molar-refractivity contribution is 5.80. The van der Waals surface area contributed by atoms with Gasteiger partial charge in [-0.2, -0.15) is 5.10 Å². The maximum absolute atomic E-state index is 11.0. The second-order valence-electron chi connectivity index (χ2n) is 3.33. The number of carboxylic acid groups (broad SMARTS) is 1. The molecule has 1 rings (SSSR count). The van der Waals surface area contributed by atoms with Crippen molar-refractivity contribution in [3.63, 3.8) is 0 Å². The van der Waals surface area contributed by atoms with Crippen LogP contribution in [0, 0.1) is 10.1 Å². The fraction of sp³-hybridized carbons (Fsp3) is 0.300. The summed E-state index contributed by atoms with van der Waals surface area (Å²) in [5.74, 6) is -1.51. The minimum atomic E-state index is -1.08. The Kier molecular flexibility index (Phi) is 7.95. The molecule has 0 aliphatic rings. The molecule has 1 aromatic heterocycles. The molecule has 0 bridgehead atoms. The summed E-state index contributed by atoms with van der Waals surface area (Å²) in [6.07, 6.45) is 1.19. The lowest BCUT2D eigenvalue weighted by Gasteiger charge is -1.93.